The smallest absolute Gasteiger partial charge is 0.315 e. The molecule has 0 fully saturated rings. The van der Waals surface area contributed by atoms with Crippen molar-refractivity contribution in [2.24, 2.45) is 0 Å². The second-order valence-electron chi connectivity index (χ2n) is 4.61. The molecular weight excluding hydrogens is 240 g/mol. The van der Waals surface area contributed by atoms with Gasteiger partial charge in [-0.3, -0.25) is 0 Å². The number of hydrogen-bond acceptors (Lipinski definition) is 2. The summed E-state index contributed by atoms with van der Waals surface area (Å²) in [5.74, 6) is 0.770. The van der Waals surface area contributed by atoms with Crippen molar-refractivity contribution in [2.45, 2.75) is 32.7 Å². The molecule has 0 aliphatic rings. The molecule has 2 amide bonds. The average molecular weight is 260 g/mol. The summed E-state index contributed by atoms with van der Waals surface area (Å²) in [5.41, 5.74) is 1.90. The summed E-state index contributed by atoms with van der Waals surface area (Å²) in [6.45, 7) is 4.71. The van der Waals surface area contributed by atoms with Crippen LogP contribution in [0.3, 0.4) is 0 Å². The molecule has 0 bridgehead atoms. The van der Waals surface area contributed by atoms with Crippen LogP contribution in [-0.2, 0) is 0 Å². The first-order chi connectivity index (χ1) is 9.20. The van der Waals surface area contributed by atoms with Gasteiger partial charge in [-0.25, -0.2) is 9.78 Å². The number of benzene rings is 1. The van der Waals surface area contributed by atoms with Crippen LogP contribution in [0.4, 0.5) is 4.79 Å². The second kappa shape index (κ2) is 6.22. The molecular formula is C14H20N4O. The Labute approximate surface area is 112 Å². The van der Waals surface area contributed by atoms with Crippen LogP contribution in [0.15, 0.2) is 24.3 Å². The van der Waals surface area contributed by atoms with Crippen molar-refractivity contribution in [3.05, 3.63) is 30.1 Å². The van der Waals surface area contributed by atoms with Crippen LogP contribution >= 0.6 is 0 Å². The van der Waals surface area contributed by atoms with E-state index in [1.165, 1.54) is 0 Å². The minimum Gasteiger partial charge on any atom is -0.340 e. The molecule has 1 heterocycles. The van der Waals surface area contributed by atoms with E-state index in [9.17, 15) is 4.79 Å². The number of urea groups is 1. The highest BCUT2D eigenvalue weighted by Gasteiger charge is 2.12. The number of carbonyl (C=O) groups is 1. The number of amides is 2. The van der Waals surface area contributed by atoms with Crippen molar-refractivity contribution >= 4 is 17.1 Å². The maximum absolute atomic E-state index is 11.7. The molecule has 1 aromatic carbocycles. The van der Waals surface area contributed by atoms with Crippen LogP contribution in [0.5, 0.6) is 0 Å². The summed E-state index contributed by atoms with van der Waals surface area (Å²) in [4.78, 5) is 19.3. The molecule has 0 aliphatic carbocycles. The SMILES string of the molecule is CCCCNC(=O)NC(C)c1nc2ccccc2[nH]1. The number of para-hydroxylation sites is 2. The molecule has 5 heteroatoms. The van der Waals surface area contributed by atoms with Crippen LogP contribution in [0.1, 0.15) is 38.6 Å². The number of hydrogen-bond donors (Lipinski definition) is 3. The van der Waals surface area contributed by atoms with Gasteiger partial charge in [0.2, 0.25) is 0 Å². The molecule has 2 aromatic rings. The molecule has 0 aliphatic heterocycles. The summed E-state index contributed by atoms with van der Waals surface area (Å²) in [7, 11) is 0. The Kier molecular flexibility index (Phi) is 4.39. The third-order valence-corrected chi connectivity index (χ3v) is 2.98. The topological polar surface area (TPSA) is 69.8 Å². The second-order valence-corrected chi connectivity index (χ2v) is 4.61. The Bertz CT molecular complexity index is 516. The Hall–Kier alpha value is -2.04. The number of carbonyl (C=O) groups excluding carboxylic acids is 1. The van der Waals surface area contributed by atoms with Crippen molar-refractivity contribution in [3.63, 3.8) is 0 Å². The fraction of sp³-hybridized carbons (Fsp3) is 0.429. The summed E-state index contributed by atoms with van der Waals surface area (Å²) in [5, 5.41) is 5.70. The van der Waals surface area contributed by atoms with Gasteiger partial charge < -0.3 is 15.6 Å². The van der Waals surface area contributed by atoms with E-state index in [1.54, 1.807) is 0 Å². The monoisotopic (exact) mass is 260 g/mol. The number of nitrogens with zero attached hydrogens (tertiary/aromatic N) is 1. The molecule has 3 N–H and O–H groups in total. The van der Waals surface area contributed by atoms with Gasteiger partial charge in [-0.1, -0.05) is 25.5 Å². The van der Waals surface area contributed by atoms with Crippen molar-refractivity contribution in [1.29, 1.82) is 0 Å². The van der Waals surface area contributed by atoms with E-state index in [-0.39, 0.29) is 12.1 Å². The fourth-order valence-electron chi connectivity index (χ4n) is 1.87. The van der Waals surface area contributed by atoms with E-state index in [0.717, 1.165) is 29.7 Å². The van der Waals surface area contributed by atoms with Crippen LogP contribution in [0.2, 0.25) is 0 Å². The minimum absolute atomic E-state index is 0.144. The Morgan fingerprint density at radius 1 is 1.42 bits per heavy atom. The molecule has 1 unspecified atom stereocenters. The highest BCUT2D eigenvalue weighted by molar-refractivity contribution is 5.76. The van der Waals surface area contributed by atoms with Gasteiger partial charge in [-0.2, -0.15) is 0 Å². The average Bonchev–Trinajstić information content (AvgIpc) is 2.83. The number of aromatic nitrogens is 2. The number of H-pyrrole nitrogens is 1. The predicted molar refractivity (Wildman–Crippen MR) is 76.0 cm³/mol. The highest BCUT2D eigenvalue weighted by Crippen LogP contribution is 2.15. The third kappa shape index (κ3) is 3.47. The van der Waals surface area contributed by atoms with E-state index in [2.05, 4.69) is 27.5 Å². The fourth-order valence-corrected chi connectivity index (χ4v) is 1.87. The first kappa shape index (κ1) is 13.4. The number of imidazole rings is 1. The van der Waals surface area contributed by atoms with E-state index in [1.807, 2.05) is 31.2 Å². The Morgan fingerprint density at radius 2 is 2.21 bits per heavy atom. The molecule has 2 rings (SSSR count). The van der Waals surface area contributed by atoms with Gasteiger partial charge in [0, 0.05) is 6.54 Å². The summed E-state index contributed by atoms with van der Waals surface area (Å²) in [6, 6.07) is 7.53. The van der Waals surface area contributed by atoms with Crippen LogP contribution in [-0.4, -0.2) is 22.5 Å². The summed E-state index contributed by atoms with van der Waals surface area (Å²) in [6.07, 6.45) is 2.06. The van der Waals surface area contributed by atoms with Gasteiger partial charge in [-0.15, -0.1) is 0 Å². The Balaban J connectivity index is 1.95. The zero-order chi connectivity index (χ0) is 13.7. The van der Waals surface area contributed by atoms with E-state index < -0.39 is 0 Å². The van der Waals surface area contributed by atoms with Gasteiger partial charge in [-0.05, 0) is 25.5 Å². The number of fused-ring (bicyclic) bond motifs is 1. The molecule has 19 heavy (non-hydrogen) atoms. The quantitative estimate of drug-likeness (QED) is 0.723. The van der Waals surface area contributed by atoms with Gasteiger partial charge >= 0.3 is 6.03 Å². The lowest BCUT2D eigenvalue weighted by atomic mass is 10.3. The highest BCUT2D eigenvalue weighted by atomic mass is 16.2. The molecule has 0 saturated carbocycles. The van der Waals surface area contributed by atoms with Crippen LogP contribution < -0.4 is 10.6 Å². The van der Waals surface area contributed by atoms with E-state index in [4.69, 9.17) is 0 Å². The largest absolute Gasteiger partial charge is 0.340 e. The zero-order valence-corrected chi connectivity index (χ0v) is 11.4. The molecule has 0 saturated heterocycles. The lowest BCUT2D eigenvalue weighted by Crippen LogP contribution is -2.37. The number of unbranched alkanes of at least 4 members (excludes halogenated alkanes) is 1. The first-order valence-electron chi connectivity index (χ1n) is 6.69. The number of rotatable bonds is 5. The van der Waals surface area contributed by atoms with Gasteiger partial charge in [0.1, 0.15) is 5.82 Å². The van der Waals surface area contributed by atoms with Crippen molar-refractivity contribution < 1.29 is 4.79 Å². The zero-order valence-electron chi connectivity index (χ0n) is 11.4. The summed E-state index contributed by atoms with van der Waals surface area (Å²) < 4.78 is 0. The predicted octanol–water partition coefficient (Wildman–Crippen LogP) is 2.72. The normalized spacial score (nSPS) is 12.3. The lowest BCUT2D eigenvalue weighted by Gasteiger charge is -2.12. The molecule has 0 radical (unpaired) electrons. The van der Waals surface area contributed by atoms with Crippen molar-refractivity contribution in [3.8, 4) is 0 Å². The standard InChI is InChI=1S/C14H20N4O/c1-3-4-9-15-14(19)16-10(2)13-17-11-7-5-6-8-12(11)18-13/h5-8,10H,3-4,9H2,1-2H3,(H,17,18)(H2,15,16,19). The lowest BCUT2D eigenvalue weighted by molar-refractivity contribution is 0.237. The third-order valence-electron chi connectivity index (χ3n) is 2.98. The van der Waals surface area contributed by atoms with Gasteiger partial charge in [0.25, 0.3) is 0 Å². The number of nitrogens with one attached hydrogen (secondary N) is 3. The number of aromatic amines is 1. The van der Waals surface area contributed by atoms with Crippen LogP contribution in [0, 0.1) is 0 Å². The molecule has 102 valence electrons. The van der Waals surface area contributed by atoms with E-state index >= 15 is 0 Å². The molecule has 1 atom stereocenters. The van der Waals surface area contributed by atoms with Crippen molar-refractivity contribution in [1.82, 2.24) is 20.6 Å². The maximum atomic E-state index is 11.7. The minimum atomic E-state index is -0.151. The maximum Gasteiger partial charge on any atom is 0.315 e. The molecule has 0 spiro atoms. The Morgan fingerprint density at radius 3 is 2.95 bits per heavy atom. The first-order valence-corrected chi connectivity index (χ1v) is 6.69. The van der Waals surface area contributed by atoms with Crippen LogP contribution in [0.25, 0.3) is 11.0 Å². The van der Waals surface area contributed by atoms with E-state index in [0.29, 0.717) is 6.54 Å². The van der Waals surface area contributed by atoms with Gasteiger partial charge in [0.15, 0.2) is 0 Å². The van der Waals surface area contributed by atoms with Crippen molar-refractivity contribution in [2.75, 3.05) is 6.54 Å². The van der Waals surface area contributed by atoms with Gasteiger partial charge in [0.05, 0.1) is 17.1 Å². The molecule has 5 nitrogen and oxygen atoms in total. The summed E-state index contributed by atoms with van der Waals surface area (Å²) >= 11 is 0. The molecule has 1 aromatic heterocycles.